The van der Waals surface area contributed by atoms with Crippen molar-refractivity contribution in [2.45, 2.75) is 18.6 Å². The molecule has 6 heteroatoms. The minimum Gasteiger partial charge on any atom is -0.303 e. The van der Waals surface area contributed by atoms with Crippen molar-refractivity contribution in [3.05, 3.63) is 35.4 Å². The zero-order chi connectivity index (χ0) is 13.2. The molecule has 5 nitrogen and oxygen atoms in total. The van der Waals surface area contributed by atoms with E-state index < -0.39 is 13.9 Å². The summed E-state index contributed by atoms with van der Waals surface area (Å²) in [6.07, 6.45) is 5.06. The Bertz CT molecular complexity index is 519. The van der Waals surface area contributed by atoms with E-state index in [0.717, 1.165) is 11.1 Å². The highest BCUT2D eigenvalue weighted by atomic mass is 31.2. The smallest absolute Gasteiger partial charge is 0.303 e. The van der Waals surface area contributed by atoms with Gasteiger partial charge in [0.2, 0.25) is 0 Å². The second-order valence-corrected chi connectivity index (χ2v) is 5.28. The molecule has 0 aromatic heterocycles. The quantitative estimate of drug-likeness (QED) is 0.569. The minimum absolute atomic E-state index is 0.0335. The van der Waals surface area contributed by atoms with Crippen LogP contribution >= 0.6 is 7.82 Å². The zero-order valence-corrected chi connectivity index (χ0v) is 10.5. The molecule has 0 bridgehead atoms. The molecule has 96 valence electrons. The average molecular weight is 267 g/mol. The summed E-state index contributed by atoms with van der Waals surface area (Å²) in [7, 11) is -4.49. The van der Waals surface area contributed by atoms with Gasteiger partial charge >= 0.3 is 7.82 Å². The van der Waals surface area contributed by atoms with E-state index in [0.29, 0.717) is 13.0 Å². The molecule has 1 aromatic carbocycles. The molecule has 0 fully saturated rings. The van der Waals surface area contributed by atoms with Crippen LogP contribution in [0.5, 0.6) is 0 Å². The molecule has 2 rings (SSSR count). The summed E-state index contributed by atoms with van der Waals surface area (Å²) in [6.45, 7) is 0.404. The fraction of sp³-hybridized carbons (Fsp3) is 0.333. The van der Waals surface area contributed by atoms with E-state index in [4.69, 9.17) is 20.7 Å². The predicted molar refractivity (Wildman–Crippen MR) is 66.5 cm³/mol. The van der Waals surface area contributed by atoms with Crippen molar-refractivity contribution in [1.82, 2.24) is 5.32 Å². The first-order chi connectivity index (χ1) is 8.51. The van der Waals surface area contributed by atoms with Crippen LogP contribution in [0, 0.1) is 12.3 Å². The highest BCUT2D eigenvalue weighted by Gasteiger charge is 2.34. The van der Waals surface area contributed by atoms with Gasteiger partial charge in [-0.15, -0.1) is 6.42 Å². The third-order valence-corrected chi connectivity index (χ3v) is 3.41. The number of phosphoric ester groups is 1. The second-order valence-electron chi connectivity index (χ2n) is 4.09. The van der Waals surface area contributed by atoms with Gasteiger partial charge < -0.3 is 9.79 Å². The Balaban J connectivity index is 2.22. The van der Waals surface area contributed by atoms with E-state index in [1.807, 2.05) is 24.3 Å². The van der Waals surface area contributed by atoms with E-state index in [-0.39, 0.29) is 6.04 Å². The molecule has 18 heavy (non-hydrogen) atoms. The normalized spacial score (nSPS) is 22.5. The lowest BCUT2D eigenvalue weighted by atomic mass is 10.1. The molecule has 2 atom stereocenters. The first kappa shape index (κ1) is 13.3. The minimum atomic E-state index is -4.49. The largest absolute Gasteiger partial charge is 0.470 e. The lowest BCUT2D eigenvalue weighted by Gasteiger charge is -2.14. The number of phosphoric acid groups is 1. The van der Waals surface area contributed by atoms with Gasteiger partial charge in [-0.2, -0.15) is 0 Å². The summed E-state index contributed by atoms with van der Waals surface area (Å²) in [6, 6.07) is 7.38. The molecule has 0 spiro atoms. The molecule has 0 saturated carbocycles. The van der Waals surface area contributed by atoms with Gasteiger partial charge in [0, 0.05) is 6.04 Å². The Kier molecular flexibility index (Phi) is 3.86. The van der Waals surface area contributed by atoms with Crippen LogP contribution in [0.15, 0.2) is 24.3 Å². The van der Waals surface area contributed by atoms with E-state index in [2.05, 4.69) is 11.2 Å². The Morgan fingerprint density at radius 2 is 2.11 bits per heavy atom. The van der Waals surface area contributed by atoms with Gasteiger partial charge in [0.05, 0.1) is 12.6 Å². The summed E-state index contributed by atoms with van der Waals surface area (Å²) in [5.41, 5.74) is 1.78. The molecule has 1 aliphatic carbocycles. The van der Waals surface area contributed by atoms with Crippen LogP contribution in [0.3, 0.4) is 0 Å². The van der Waals surface area contributed by atoms with Crippen molar-refractivity contribution in [3.63, 3.8) is 0 Å². The van der Waals surface area contributed by atoms with Crippen molar-refractivity contribution >= 4 is 7.82 Å². The van der Waals surface area contributed by atoms with Crippen molar-refractivity contribution in [3.8, 4) is 12.3 Å². The summed E-state index contributed by atoms with van der Waals surface area (Å²) < 4.78 is 15.7. The Morgan fingerprint density at radius 1 is 1.44 bits per heavy atom. The fourth-order valence-corrected chi connectivity index (χ4v) is 2.76. The Hall–Kier alpha value is -1.15. The summed E-state index contributed by atoms with van der Waals surface area (Å²) in [5, 5.41) is 3.13. The third kappa shape index (κ3) is 2.99. The van der Waals surface area contributed by atoms with Crippen molar-refractivity contribution in [2.24, 2.45) is 0 Å². The average Bonchev–Trinajstić information content (AvgIpc) is 2.63. The van der Waals surface area contributed by atoms with Crippen LogP contribution < -0.4 is 5.32 Å². The standard InChI is InChI=1S/C12H14NO4P/c1-2-7-13-11-8-12(17-18(14,15)16)10-6-4-3-5-9(10)11/h1,3-6,11-13H,7-8H2,(H2,14,15,16)/t11-,12?/m1/s1. The Labute approximate surface area is 105 Å². The van der Waals surface area contributed by atoms with Gasteiger partial charge in [0.25, 0.3) is 0 Å². The highest BCUT2D eigenvalue weighted by Crippen LogP contribution is 2.49. The molecule has 1 aliphatic rings. The van der Waals surface area contributed by atoms with Crippen molar-refractivity contribution in [1.29, 1.82) is 0 Å². The molecule has 1 unspecified atom stereocenters. The summed E-state index contributed by atoms with van der Waals surface area (Å²) in [4.78, 5) is 17.8. The number of benzene rings is 1. The number of hydrogen-bond acceptors (Lipinski definition) is 3. The number of hydrogen-bond donors (Lipinski definition) is 3. The molecular formula is C12H14NO4P. The van der Waals surface area contributed by atoms with Crippen LogP contribution in [0.2, 0.25) is 0 Å². The number of nitrogens with one attached hydrogen (secondary N) is 1. The molecule has 0 amide bonds. The van der Waals surface area contributed by atoms with Gasteiger partial charge in [-0.3, -0.25) is 9.84 Å². The zero-order valence-electron chi connectivity index (χ0n) is 9.61. The molecule has 0 heterocycles. The molecule has 3 N–H and O–H groups in total. The molecule has 0 aliphatic heterocycles. The van der Waals surface area contributed by atoms with Crippen LogP contribution in [0.1, 0.15) is 29.7 Å². The van der Waals surface area contributed by atoms with Crippen LogP contribution in [-0.4, -0.2) is 16.3 Å². The maximum atomic E-state index is 10.9. The summed E-state index contributed by atoms with van der Waals surface area (Å²) in [5.74, 6) is 2.48. The number of terminal acetylenes is 1. The lowest BCUT2D eigenvalue weighted by molar-refractivity contribution is 0.129. The van der Waals surface area contributed by atoms with Crippen LogP contribution in [-0.2, 0) is 9.09 Å². The molecule has 1 aromatic rings. The number of rotatable bonds is 4. The van der Waals surface area contributed by atoms with Crippen molar-refractivity contribution < 1.29 is 18.9 Å². The monoisotopic (exact) mass is 267 g/mol. The first-order valence-corrected chi connectivity index (χ1v) is 7.04. The molecular weight excluding hydrogens is 253 g/mol. The van der Waals surface area contributed by atoms with Gasteiger partial charge in [-0.05, 0) is 17.5 Å². The Morgan fingerprint density at radius 3 is 2.72 bits per heavy atom. The highest BCUT2D eigenvalue weighted by molar-refractivity contribution is 7.46. The van der Waals surface area contributed by atoms with E-state index in [9.17, 15) is 4.57 Å². The SMILES string of the molecule is C#CCN[C@@H]1CC(OP(=O)(O)O)c2ccccc21. The van der Waals surface area contributed by atoms with Crippen LogP contribution in [0.25, 0.3) is 0 Å². The van der Waals surface area contributed by atoms with E-state index in [1.54, 1.807) is 0 Å². The first-order valence-electron chi connectivity index (χ1n) is 5.51. The predicted octanol–water partition coefficient (Wildman–Crippen LogP) is 1.50. The van der Waals surface area contributed by atoms with E-state index >= 15 is 0 Å². The molecule has 0 saturated heterocycles. The third-order valence-electron chi connectivity index (χ3n) is 2.88. The lowest BCUT2D eigenvalue weighted by Crippen LogP contribution is -2.19. The maximum Gasteiger partial charge on any atom is 0.470 e. The second kappa shape index (κ2) is 5.23. The van der Waals surface area contributed by atoms with Gasteiger partial charge in [0.1, 0.15) is 0 Å². The van der Waals surface area contributed by atoms with Gasteiger partial charge in [-0.25, -0.2) is 4.57 Å². The van der Waals surface area contributed by atoms with Crippen LogP contribution in [0.4, 0.5) is 0 Å². The van der Waals surface area contributed by atoms with Crippen molar-refractivity contribution in [2.75, 3.05) is 6.54 Å². The topological polar surface area (TPSA) is 78.8 Å². The van der Waals surface area contributed by atoms with Gasteiger partial charge in [0.15, 0.2) is 0 Å². The summed E-state index contributed by atoms with van der Waals surface area (Å²) >= 11 is 0. The fourth-order valence-electron chi connectivity index (χ4n) is 2.23. The number of fused-ring (bicyclic) bond motifs is 1. The molecule has 0 radical (unpaired) electrons. The van der Waals surface area contributed by atoms with E-state index in [1.165, 1.54) is 0 Å². The van der Waals surface area contributed by atoms with Gasteiger partial charge in [-0.1, -0.05) is 30.2 Å². The maximum absolute atomic E-state index is 10.9.